The molecule has 11 heteroatoms. The Morgan fingerprint density at radius 3 is 2.86 bits per heavy atom. The molecule has 0 spiro atoms. The SMILES string of the molecule is O=C(CCn1c(-c2cccs2)n[nH]c1=S)NNC(=O)C1COc2ccccc2O1. The number of hydrogen-bond acceptors (Lipinski definition) is 7. The second kappa shape index (κ2) is 8.45. The van der Waals surface area contributed by atoms with Gasteiger partial charge in [-0.1, -0.05) is 18.2 Å². The fourth-order valence-corrected chi connectivity index (χ4v) is 3.70. The number of ether oxygens (including phenoxy) is 2. The highest BCUT2D eigenvalue weighted by Gasteiger charge is 2.27. The zero-order valence-corrected chi connectivity index (χ0v) is 16.7. The number of benzene rings is 1. The van der Waals surface area contributed by atoms with E-state index in [1.54, 1.807) is 22.8 Å². The number of amides is 2. The Morgan fingerprint density at radius 2 is 2.07 bits per heavy atom. The van der Waals surface area contributed by atoms with E-state index in [1.807, 2.05) is 23.6 Å². The number of H-pyrrole nitrogens is 1. The van der Waals surface area contributed by atoms with Gasteiger partial charge in [0.2, 0.25) is 12.0 Å². The van der Waals surface area contributed by atoms with Crippen LogP contribution in [0.3, 0.4) is 0 Å². The first-order valence-corrected chi connectivity index (χ1v) is 10.1. The second-order valence-corrected chi connectivity index (χ2v) is 7.47. The van der Waals surface area contributed by atoms with Crippen molar-refractivity contribution in [3.05, 3.63) is 46.5 Å². The maximum Gasteiger partial charge on any atom is 0.283 e. The van der Waals surface area contributed by atoms with Crippen molar-refractivity contribution in [1.29, 1.82) is 0 Å². The van der Waals surface area contributed by atoms with E-state index in [1.165, 1.54) is 11.3 Å². The number of aromatic nitrogens is 3. The van der Waals surface area contributed by atoms with Crippen LogP contribution in [0.15, 0.2) is 41.8 Å². The molecule has 3 N–H and O–H groups in total. The number of carbonyl (C=O) groups excluding carboxylic acids is 2. The van der Waals surface area contributed by atoms with Crippen LogP contribution in [-0.4, -0.2) is 39.3 Å². The molecule has 2 aromatic heterocycles. The van der Waals surface area contributed by atoms with Gasteiger partial charge in [0.05, 0.1) is 4.88 Å². The first-order valence-electron chi connectivity index (χ1n) is 8.78. The molecule has 1 aromatic carbocycles. The summed E-state index contributed by atoms with van der Waals surface area (Å²) in [6.45, 7) is 0.383. The van der Waals surface area contributed by atoms with Crippen molar-refractivity contribution in [2.24, 2.45) is 0 Å². The highest BCUT2D eigenvalue weighted by atomic mass is 32.1. The highest BCUT2D eigenvalue weighted by Crippen LogP contribution is 2.30. The van der Waals surface area contributed by atoms with E-state index in [0.717, 1.165) is 4.88 Å². The molecule has 1 aliphatic heterocycles. The summed E-state index contributed by atoms with van der Waals surface area (Å²) in [5, 5.41) is 8.90. The minimum Gasteiger partial charge on any atom is -0.485 e. The van der Waals surface area contributed by atoms with Gasteiger partial charge in [-0.2, -0.15) is 5.10 Å². The number of aromatic amines is 1. The first-order chi connectivity index (χ1) is 14.1. The van der Waals surface area contributed by atoms with E-state index in [2.05, 4.69) is 21.0 Å². The highest BCUT2D eigenvalue weighted by molar-refractivity contribution is 7.71. The summed E-state index contributed by atoms with van der Waals surface area (Å²) in [6, 6.07) is 10.9. The average Bonchev–Trinajstić information content (AvgIpc) is 3.39. The number of para-hydroxylation sites is 2. The van der Waals surface area contributed by atoms with Crippen LogP contribution in [0, 0.1) is 4.77 Å². The van der Waals surface area contributed by atoms with Gasteiger partial charge in [0.1, 0.15) is 6.61 Å². The molecule has 0 saturated carbocycles. The molecule has 0 saturated heterocycles. The van der Waals surface area contributed by atoms with Crippen molar-refractivity contribution < 1.29 is 19.1 Å². The monoisotopic (exact) mass is 431 g/mol. The normalized spacial score (nSPS) is 15.0. The molecule has 4 rings (SSSR count). The van der Waals surface area contributed by atoms with Gasteiger partial charge in [0.15, 0.2) is 22.1 Å². The zero-order chi connectivity index (χ0) is 20.2. The molecule has 150 valence electrons. The van der Waals surface area contributed by atoms with Gasteiger partial charge in [0.25, 0.3) is 5.91 Å². The summed E-state index contributed by atoms with van der Waals surface area (Å²) >= 11 is 6.77. The maximum absolute atomic E-state index is 12.2. The minimum atomic E-state index is -0.849. The number of nitrogens with zero attached hydrogens (tertiary/aromatic N) is 2. The lowest BCUT2D eigenvalue weighted by molar-refractivity contribution is -0.135. The molecule has 3 aromatic rings. The third-order valence-corrected chi connectivity index (χ3v) is 5.37. The van der Waals surface area contributed by atoms with Gasteiger partial charge in [-0.05, 0) is 35.8 Å². The fourth-order valence-electron chi connectivity index (χ4n) is 2.76. The fraction of sp³-hybridized carbons (Fsp3) is 0.222. The molecule has 2 amide bonds. The Balaban J connectivity index is 1.29. The van der Waals surface area contributed by atoms with Crippen LogP contribution in [0.2, 0.25) is 0 Å². The Bertz CT molecular complexity index is 1080. The molecular weight excluding hydrogens is 414 g/mol. The van der Waals surface area contributed by atoms with Crippen molar-refractivity contribution in [3.8, 4) is 22.2 Å². The average molecular weight is 431 g/mol. The van der Waals surface area contributed by atoms with E-state index in [4.69, 9.17) is 21.7 Å². The molecular formula is C18H17N5O4S2. The molecule has 9 nitrogen and oxygen atoms in total. The summed E-state index contributed by atoms with van der Waals surface area (Å²) in [7, 11) is 0. The molecule has 0 bridgehead atoms. The molecule has 0 radical (unpaired) electrons. The number of nitrogens with one attached hydrogen (secondary N) is 3. The van der Waals surface area contributed by atoms with Gasteiger partial charge < -0.3 is 9.47 Å². The molecule has 1 unspecified atom stereocenters. The lowest BCUT2D eigenvalue weighted by Crippen LogP contribution is -2.50. The van der Waals surface area contributed by atoms with Gasteiger partial charge >= 0.3 is 0 Å². The topological polar surface area (TPSA) is 110 Å². The van der Waals surface area contributed by atoms with Crippen LogP contribution in [0.25, 0.3) is 10.7 Å². The van der Waals surface area contributed by atoms with Gasteiger partial charge in [-0.25, -0.2) is 0 Å². The predicted octanol–water partition coefficient (Wildman–Crippen LogP) is 2.05. The van der Waals surface area contributed by atoms with Crippen molar-refractivity contribution in [1.82, 2.24) is 25.6 Å². The van der Waals surface area contributed by atoms with E-state index in [0.29, 0.717) is 28.6 Å². The van der Waals surface area contributed by atoms with Gasteiger partial charge in [-0.3, -0.25) is 30.1 Å². The first kappa shape index (κ1) is 19.2. The minimum absolute atomic E-state index is 0.0626. The predicted molar refractivity (Wildman–Crippen MR) is 108 cm³/mol. The lowest BCUT2D eigenvalue weighted by atomic mass is 10.2. The zero-order valence-electron chi connectivity index (χ0n) is 15.1. The molecule has 0 aliphatic carbocycles. The number of hydrazine groups is 1. The summed E-state index contributed by atoms with van der Waals surface area (Å²) in [5.41, 5.74) is 4.76. The molecule has 3 heterocycles. The van der Waals surface area contributed by atoms with Crippen LogP contribution in [0.1, 0.15) is 6.42 Å². The van der Waals surface area contributed by atoms with Crippen LogP contribution in [0.5, 0.6) is 11.5 Å². The third-order valence-electron chi connectivity index (χ3n) is 4.19. The smallest absolute Gasteiger partial charge is 0.283 e. The Hall–Kier alpha value is -3.18. The van der Waals surface area contributed by atoms with Crippen LogP contribution in [-0.2, 0) is 16.1 Å². The van der Waals surface area contributed by atoms with Crippen LogP contribution >= 0.6 is 23.6 Å². The van der Waals surface area contributed by atoms with Crippen molar-refractivity contribution in [2.75, 3.05) is 6.61 Å². The lowest BCUT2D eigenvalue weighted by Gasteiger charge is -2.25. The number of hydrogen-bond donors (Lipinski definition) is 3. The Labute approximate surface area is 174 Å². The van der Waals surface area contributed by atoms with E-state index < -0.39 is 12.0 Å². The summed E-state index contributed by atoms with van der Waals surface area (Å²) in [4.78, 5) is 25.3. The number of thiophene rings is 1. The summed E-state index contributed by atoms with van der Waals surface area (Å²) < 4.78 is 13.3. The van der Waals surface area contributed by atoms with Crippen LogP contribution < -0.4 is 20.3 Å². The maximum atomic E-state index is 12.2. The largest absolute Gasteiger partial charge is 0.485 e. The summed E-state index contributed by atoms with van der Waals surface area (Å²) in [6.07, 6.45) is -0.740. The summed E-state index contributed by atoms with van der Waals surface area (Å²) in [5.74, 6) is 0.885. The molecule has 0 fully saturated rings. The molecule has 1 atom stereocenters. The number of fused-ring (bicyclic) bond motifs is 1. The third kappa shape index (κ3) is 4.30. The second-order valence-electron chi connectivity index (χ2n) is 6.13. The van der Waals surface area contributed by atoms with E-state index in [9.17, 15) is 9.59 Å². The van der Waals surface area contributed by atoms with Crippen molar-refractivity contribution in [3.63, 3.8) is 0 Å². The number of carbonyl (C=O) groups is 2. The van der Waals surface area contributed by atoms with Crippen LogP contribution in [0.4, 0.5) is 0 Å². The molecule has 1 aliphatic rings. The number of rotatable bonds is 5. The quantitative estimate of drug-likeness (QED) is 0.421. The standard InChI is InChI=1S/C18H17N5O4S2/c24-15(7-8-23-16(20-22-18(23)28)14-6-3-9-29-14)19-21-17(25)13-10-26-11-4-1-2-5-12(11)27-13/h1-6,9,13H,7-8,10H2,(H,19,24)(H,21,25)(H,22,28). The van der Waals surface area contributed by atoms with Gasteiger partial charge in [0, 0.05) is 13.0 Å². The van der Waals surface area contributed by atoms with E-state index >= 15 is 0 Å². The van der Waals surface area contributed by atoms with E-state index in [-0.39, 0.29) is 18.9 Å². The molecule has 29 heavy (non-hydrogen) atoms. The van der Waals surface area contributed by atoms with Crippen molar-refractivity contribution in [2.45, 2.75) is 19.1 Å². The Morgan fingerprint density at radius 1 is 1.24 bits per heavy atom. The van der Waals surface area contributed by atoms with Gasteiger partial charge in [-0.15, -0.1) is 11.3 Å². The van der Waals surface area contributed by atoms with Crippen molar-refractivity contribution >= 4 is 35.4 Å². The Kier molecular flexibility index (Phi) is 5.58.